The average molecular weight is 372 g/mol. The Morgan fingerprint density at radius 1 is 1.21 bits per heavy atom. The van der Waals surface area contributed by atoms with Crippen molar-refractivity contribution in [1.82, 2.24) is 5.32 Å². The van der Waals surface area contributed by atoms with Gasteiger partial charge in [0.1, 0.15) is 16.5 Å². The average Bonchev–Trinajstić information content (AvgIpc) is 2.55. The van der Waals surface area contributed by atoms with Gasteiger partial charge in [-0.3, -0.25) is 0 Å². The summed E-state index contributed by atoms with van der Waals surface area (Å²) in [7, 11) is -4.05. The number of hydrogen-bond acceptors (Lipinski definition) is 4. The Labute approximate surface area is 146 Å². The van der Waals surface area contributed by atoms with Crippen molar-refractivity contribution in [3.63, 3.8) is 0 Å². The highest BCUT2D eigenvalue weighted by atomic mass is 35.5. The van der Waals surface area contributed by atoms with Gasteiger partial charge in [-0.2, -0.15) is 8.42 Å². The first-order valence-electron chi connectivity index (χ1n) is 7.53. The normalized spacial score (nSPS) is 12.8. The molecular weight excluding hydrogens is 353 g/mol. The lowest BCUT2D eigenvalue weighted by Crippen LogP contribution is -2.25. The zero-order chi connectivity index (χ0) is 17.7. The molecule has 0 aliphatic rings. The molecule has 0 fully saturated rings. The second-order valence-corrected chi connectivity index (χ2v) is 7.42. The molecule has 4 nitrogen and oxygen atoms in total. The van der Waals surface area contributed by atoms with E-state index >= 15 is 0 Å². The maximum absolute atomic E-state index is 13.0. The smallest absolute Gasteiger partial charge is 0.339 e. The van der Waals surface area contributed by atoms with Crippen LogP contribution in [0.25, 0.3) is 0 Å². The van der Waals surface area contributed by atoms with Gasteiger partial charge in [-0.25, -0.2) is 4.39 Å². The lowest BCUT2D eigenvalue weighted by atomic mass is 10.2. The van der Waals surface area contributed by atoms with Crippen molar-refractivity contribution in [3.8, 4) is 5.75 Å². The molecule has 0 spiro atoms. The highest BCUT2D eigenvalue weighted by molar-refractivity contribution is 7.87. The number of nitrogens with one attached hydrogen (secondary N) is 1. The largest absolute Gasteiger partial charge is 0.379 e. The van der Waals surface area contributed by atoms with E-state index in [4.69, 9.17) is 15.8 Å². The van der Waals surface area contributed by atoms with Gasteiger partial charge in [0, 0.05) is 23.2 Å². The Hall–Kier alpha value is -1.63. The summed E-state index contributed by atoms with van der Waals surface area (Å²) in [6, 6.07) is 9.47. The molecule has 2 aromatic carbocycles. The molecule has 2 aromatic rings. The minimum atomic E-state index is -4.05. The molecule has 2 rings (SSSR count). The summed E-state index contributed by atoms with van der Waals surface area (Å²) in [4.78, 5) is -0.111. The van der Waals surface area contributed by atoms with Crippen LogP contribution in [0.3, 0.4) is 0 Å². The van der Waals surface area contributed by atoms with Crippen molar-refractivity contribution in [1.29, 1.82) is 0 Å². The van der Waals surface area contributed by atoms with Crippen LogP contribution in [0.15, 0.2) is 47.4 Å². The summed E-state index contributed by atoms with van der Waals surface area (Å²) >= 11 is 6.00. The number of rotatable bonds is 7. The molecule has 0 saturated carbocycles. The van der Waals surface area contributed by atoms with Crippen LogP contribution >= 0.6 is 11.6 Å². The van der Waals surface area contributed by atoms with Gasteiger partial charge in [0.2, 0.25) is 0 Å². The monoisotopic (exact) mass is 371 g/mol. The molecule has 1 atom stereocenters. The summed E-state index contributed by atoms with van der Waals surface area (Å²) in [6.07, 6.45) is 0.935. The number of hydrogen-bond donors (Lipinski definition) is 1. The van der Waals surface area contributed by atoms with Crippen molar-refractivity contribution < 1.29 is 17.0 Å². The van der Waals surface area contributed by atoms with Crippen molar-refractivity contribution in [2.75, 3.05) is 0 Å². The second-order valence-electron chi connectivity index (χ2n) is 5.43. The molecule has 0 bridgehead atoms. The summed E-state index contributed by atoms with van der Waals surface area (Å²) in [5.41, 5.74) is 0.633. The van der Waals surface area contributed by atoms with Gasteiger partial charge in [0.05, 0.1) is 0 Å². The van der Waals surface area contributed by atoms with Crippen LogP contribution in [0.4, 0.5) is 4.39 Å². The molecule has 24 heavy (non-hydrogen) atoms. The highest BCUT2D eigenvalue weighted by Gasteiger charge is 2.19. The predicted octanol–water partition coefficient (Wildman–Crippen LogP) is 4.13. The third-order valence-electron chi connectivity index (χ3n) is 3.58. The number of benzene rings is 2. The van der Waals surface area contributed by atoms with E-state index in [0.29, 0.717) is 17.1 Å². The summed E-state index contributed by atoms with van der Waals surface area (Å²) in [5, 5.41) is 3.75. The van der Waals surface area contributed by atoms with Gasteiger partial charge in [-0.15, -0.1) is 0 Å². The lowest BCUT2D eigenvalue weighted by Gasteiger charge is -2.15. The topological polar surface area (TPSA) is 55.4 Å². The SMILES string of the molecule is CC[C@H](C)NCc1cc(Cl)ccc1OS(=O)(=O)c1ccc(F)cc1. The molecule has 130 valence electrons. The molecule has 0 unspecified atom stereocenters. The van der Waals surface area contributed by atoms with E-state index in [1.54, 1.807) is 12.1 Å². The summed E-state index contributed by atoms with van der Waals surface area (Å²) in [6.45, 7) is 4.50. The zero-order valence-electron chi connectivity index (χ0n) is 13.4. The molecule has 1 N–H and O–H groups in total. The van der Waals surface area contributed by atoms with Crippen LogP contribution in [-0.2, 0) is 16.7 Å². The Balaban J connectivity index is 2.26. The highest BCUT2D eigenvalue weighted by Crippen LogP contribution is 2.26. The van der Waals surface area contributed by atoms with Crippen LogP contribution in [0.1, 0.15) is 25.8 Å². The van der Waals surface area contributed by atoms with Gasteiger partial charge < -0.3 is 9.50 Å². The fraction of sp³-hybridized carbons (Fsp3) is 0.294. The standard InChI is InChI=1S/C17H19ClFNO3S/c1-3-12(2)20-11-13-10-14(18)4-9-17(13)23-24(21,22)16-7-5-15(19)6-8-16/h4-10,12,20H,3,11H2,1-2H3/t12-/m0/s1. The summed E-state index contributed by atoms with van der Waals surface area (Å²) < 4.78 is 42.9. The van der Waals surface area contributed by atoms with Gasteiger partial charge >= 0.3 is 10.1 Å². The van der Waals surface area contributed by atoms with E-state index in [0.717, 1.165) is 30.7 Å². The van der Waals surface area contributed by atoms with E-state index in [1.165, 1.54) is 6.07 Å². The molecule has 0 radical (unpaired) electrons. The third kappa shape index (κ3) is 4.93. The summed E-state index contributed by atoms with van der Waals surface area (Å²) in [5.74, 6) is -0.321. The molecule has 0 heterocycles. The second kappa shape index (κ2) is 7.96. The minimum absolute atomic E-state index is 0.111. The maximum atomic E-state index is 13.0. The van der Waals surface area contributed by atoms with Crippen molar-refractivity contribution >= 4 is 21.7 Å². The van der Waals surface area contributed by atoms with Crippen LogP contribution in [0, 0.1) is 5.82 Å². The molecule has 0 aliphatic carbocycles. The van der Waals surface area contributed by atoms with E-state index in [-0.39, 0.29) is 16.7 Å². The van der Waals surface area contributed by atoms with E-state index < -0.39 is 15.9 Å². The van der Waals surface area contributed by atoms with E-state index in [1.807, 2.05) is 13.8 Å². The third-order valence-corrected chi connectivity index (χ3v) is 5.06. The first kappa shape index (κ1) is 18.7. The van der Waals surface area contributed by atoms with Crippen molar-refractivity contribution in [3.05, 3.63) is 58.9 Å². The fourth-order valence-corrected chi connectivity index (χ4v) is 3.12. The molecular formula is C17H19ClFNO3S. The first-order valence-corrected chi connectivity index (χ1v) is 9.32. The Morgan fingerprint density at radius 2 is 1.88 bits per heavy atom. The van der Waals surface area contributed by atoms with E-state index in [9.17, 15) is 12.8 Å². The van der Waals surface area contributed by atoms with Crippen LogP contribution in [-0.4, -0.2) is 14.5 Å². The van der Waals surface area contributed by atoms with Gasteiger partial charge in [0.15, 0.2) is 0 Å². The first-order chi connectivity index (χ1) is 11.3. The van der Waals surface area contributed by atoms with Crippen molar-refractivity contribution in [2.45, 2.75) is 37.8 Å². The Morgan fingerprint density at radius 3 is 2.50 bits per heavy atom. The zero-order valence-corrected chi connectivity index (χ0v) is 15.0. The molecule has 0 saturated heterocycles. The van der Waals surface area contributed by atoms with Crippen molar-refractivity contribution in [2.24, 2.45) is 0 Å². The van der Waals surface area contributed by atoms with Gasteiger partial charge in [-0.1, -0.05) is 18.5 Å². The number of halogens is 2. The predicted molar refractivity (Wildman–Crippen MR) is 92.3 cm³/mol. The molecule has 0 aliphatic heterocycles. The molecule has 7 heteroatoms. The van der Waals surface area contributed by atoms with Crippen LogP contribution in [0.2, 0.25) is 5.02 Å². The quantitative estimate of drug-likeness (QED) is 0.743. The van der Waals surface area contributed by atoms with Crippen LogP contribution in [0.5, 0.6) is 5.75 Å². The Bertz CT molecular complexity index is 794. The molecule has 0 amide bonds. The van der Waals surface area contributed by atoms with Crippen LogP contribution < -0.4 is 9.50 Å². The fourth-order valence-electron chi connectivity index (χ4n) is 1.96. The van der Waals surface area contributed by atoms with Gasteiger partial charge in [-0.05, 0) is 55.8 Å². The minimum Gasteiger partial charge on any atom is -0.379 e. The Kier molecular flexibility index (Phi) is 6.21. The molecule has 0 aromatic heterocycles. The maximum Gasteiger partial charge on any atom is 0.339 e. The lowest BCUT2D eigenvalue weighted by molar-refractivity contribution is 0.476. The van der Waals surface area contributed by atoms with E-state index in [2.05, 4.69) is 5.32 Å². The van der Waals surface area contributed by atoms with Gasteiger partial charge in [0.25, 0.3) is 0 Å².